The zero-order chi connectivity index (χ0) is 25.0. The van der Waals surface area contributed by atoms with Crippen molar-refractivity contribution in [3.63, 3.8) is 0 Å². The van der Waals surface area contributed by atoms with Gasteiger partial charge in [0, 0.05) is 24.0 Å². The number of amides is 1. The number of carbonyl (C=O) groups is 2. The van der Waals surface area contributed by atoms with Gasteiger partial charge in [-0.05, 0) is 37.7 Å². The van der Waals surface area contributed by atoms with E-state index in [1.54, 1.807) is 30.4 Å². The lowest BCUT2D eigenvalue weighted by molar-refractivity contribution is -0.161. The van der Waals surface area contributed by atoms with Crippen LogP contribution in [0.15, 0.2) is 22.8 Å². The second-order valence-electron chi connectivity index (χ2n) is 9.29. The highest BCUT2D eigenvalue weighted by atomic mass is 32.1. The summed E-state index contributed by atoms with van der Waals surface area (Å²) in [7, 11) is 1.75. The molecule has 1 aromatic heterocycles. The van der Waals surface area contributed by atoms with E-state index in [1.165, 1.54) is 0 Å². The number of fused-ring (bicyclic) bond motifs is 1. The SMILES string of the molecule is BNPOC(=O)C1=C(CN(C)Cc2nccs2)[C@H](C)[C@@H]2[C@@H]([C@@H](C)O[Si](CC)(CC)CC)C(=O)N12. The van der Waals surface area contributed by atoms with Gasteiger partial charge in [-0.25, -0.2) is 9.78 Å². The third-order valence-electron chi connectivity index (χ3n) is 7.44. The Balaban J connectivity index is 1.84. The lowest BCUT2D eigenvalue weighted by atomic mass is 9.77. The molecule has 0 spiro atoms. The van der Waals surface area contributed by atoms with Gasteiger partial charge in [-0.15, -0.1) is 11.3 Å². The van der Waals surface area contributed by atoms with Gasteiger partial charge >= 0.3 is 5.97 Å². The van der Waals surface area contributed by atoms with Crippen LogP contribution in [0.5, 0.6) is 0 Å². The Morgan fingerprint density at radius 3 is 2.59 bits per heavy atom. The largest absolute Gasteiger partial charge is 0.428 e. The first-order valence-corrected chi connectivity index (χ1v) is 16.5. The molecule has 1 N–H and O–H groups in total. The van der Waals surface area contributed by atoms with Gasteiger partial charge in [-0.2, -0.15) is 0 Å². The number of aromatic nitrogens is 1. The summed E-state index contributed by atoms with van der Waals surface area (Å²) in [6, 6.07) is 3.07. The van der Waals surface area contributed by atoms with E-state index in [-0.39, 0.29) is 38.8 Å². The highest BCUT2D eigenvalue weighted by molar-refractivity contribution is 7.32. The Bertz CT molecular complexity index is 893. The van der Waals surface area contributed by atoms with Crippen molar-refractivity contribution in [2.24, 2.45) is 11.8 Å². The predicted molar refractivity (Wildman–Crippen MR) is 143 cm³/mol. The molecule has 1 saturated heterocycles. The van der Waals surface area contributed by atoms with Crippen LogP contribution < -0.4 is 5.00 Å². The molecule has 34 heavy (non-hydrogen) atoms. The zero-order valence-electron chi connectivity index (χ0n) is 21.4. The van der Waals surface area contributed by atoms with Crippen LogP contribution in [0, 0.1) is 11.8 Å². The first-order valence-electron chi connectivity index (χ1n) is 12.2. The maximum absolute atomic E-state index is 13.4. The van der Waals surface area contributed by atoms with Crippen molar-refractivity contribution < 1.29 is 18.5 Å². The van der Waals surface area contributed by atoms with Gasteiger partial charge in [0.1, 0.15) is 19.7 Å². The van der Waals surface area contributed by atoms with Crippen molar-refractivity contribution in [1.29, 1.82) is 0 Å². The van der Waals surface area contributed by atoms with Crippen LogP contribution in [0.3, 0.4) is 0 Å². The lowest BCUT2D eigenvalue weighted by Gasteiger charge is -2.49. The molecule has 3 rings (SSSR count). The van der Waals surface area contributed by atoms with Gasteiger partial charge in [0.05, 0.1) is 24.6 Å². The molecular formula is C22H38BN4O4PSSi. The fraction of sp³-hybridized carbons (Fsp3) is 0.682. The molecule has 12 heteroatoms. The lowest BCUT2D eigenvalue weighted by Crippen LogP contribution is -2.65. The summed E-state index contributed by atoms with van der Waals surface area (Å²) in [6.45, 7) is 12.0. The summed E-state index contributed by atoms with van der Waals surface area (Å²) in [5, 5.41) is 2.99. The molecule has 5 atom stereocenters. The minimum Gasteiger partial charge on any atom is -0.428 e. The molecular weight excluding hydrogens is 486 g/mol. The van der Waals surface area contributed by atoms with Crippen molar-refractivity contribution in [2.75, 3.05) is 13.6 Å². The Morgan fingerprint density at radius 2 is 2.03 bits per heavy atom. The first-order chi connectivity index (χ1) is 16.2. The highest BCUT2D eigenvalue weighted by Crippen LogP contribution is 2.49. The molecule has 0 aromatic carbocycles. The smallest absolute Gasteiger partial charge is 0.358 e. The fourth-order valence-electron chi connectivity index (χ4n) is 5.35. The average Bonchev–Trinajstić information content (AvgIpc) is 3.41. The zero-order valence-corrected chi connectivity index (χ0v) is 24.2. The molecule has 0 bridgehead atoms. The van der Waals surface area contributed by atoms with Crippen LogP contribution in [0.2, 0.25) is 18.1 Å². The Kier molecular flexibility index (Phi) is 9.51. The van der Waals surface area contributed by atoms with Gasteiger partial charge in [-0.1, -0.05) is 27.7 Å². The summed E-state index contributed by atoms with van der Waals surface area (Å²) < 4.78 is 12.1. The van der Waals surface area contributed by atoms with Crippen molar-refractivity contribution in [3.05, 3.63) is 27.9 Å². The van der Waals surface area contributed by atoms with Crippen LogP contribution in [0.4, 0.5) is 0 Å². The molecule has 1 fully saturated rings. The Hall–Kier alpha value is -1.10. The number of thiazole rings is 1. The summed E-state index contributed by atoms with van der Waals surface area (Å²) in [4.78, 5) is 37.6. The number of likely N-dealkylation sites (N-methyl/N-ethyl adjacent to an activating group) is 1. The van der Waals surface area contributed by atoms with Crippen LogP contribution in [-0.2, 0) is 25.1 Å². The quantitative estimate of drug-likeness (QED) is 0.241. The normalized spacial score (nSPS) is 23.7. The second-order valence-corrected chi connectivity index (χ2v) is 15.9. The van der Waals surface area contributed by atoms with Gasteiger partial charge in [0.2, 0.25) is 5.91 Å². The van der Waals surface area contributed by atoms with E-state index >= 15 is 0 Å². The monoisotopic (exact) mass is 524 g/mol. The molecule has 188 valence electrons. The molecule has 2 aliphatic heterocycles. The second kappa shape index (κ2) is 11.8. The third-order valence-corrected chi connectivity index (χ3v) is 13.4. The van der Waals surface area contributed by atoms with Gasteiger partial charge in [0.25, 0.3) is 0 Å². The summed E-state index contributed by atoms with van der Waals surface area (Å²) in [6.07, 6.45) is 1.64. The molecule has 0 radical (unpaired) electrons. The molecule has 0 aliphatic carbocycles. The molecule has 8 nitrogen and oxygen atoms in total. The van der Waals surface area contributed by atoms with Crippen molar-refractivity contribution >= 4 is 48.5 Å². The van der Waals surface area contributed by atoms with E-state index in [1.807, 2.05) is 19.4 Å². The van der Waals surface area contributed by atoms with Crippen LogP contribution in [0.25, 0.3) is 0 Å². The standard InChI is InChI=1S/C22H38BN4O4PSSi/c1-7-34(8-2,9-3)31-15(5)18-19-14(4)16(12-26(6)13-17-24-10-11-33-17)20(27(19)21(18)28)22(29)30-32-25-23/h10-11,14-15,18-19,25,32H,7-9,12-13,23H2,1-6H3/t14-,15+,18+,19+/m0/s1. The van der Waals surface area contributed by atoms with Crippen molar-refractivity contribution in [1.82, 2.24) is 19.8 Å². The van der Waals surface area contributed by atoms with Gasteiger partial charge < -0.3 is 18.8 Å². The topological polar surface area (TPSA) is 84.0 Å². The third kappa shape index (κ3) is 5.34. The minimum absolute atomic E-state index is 0.0205. The maximum atomic E-state index is 13.4. The molecule has 2 aliphatic rings. The summed E-state index contributed by atoms with van der Waals surface area (Å²) in [5.41, 5.74) is 1.38. The summed E-state index contributed by atoms with van der Waals surface area (Å²) in [5.74, 6) is -0.635. The Morgan fingerprint density at radius 1 is 1.35 bits per heavy atom. The molecule has 0 saturated carbocycles. The van der Waals surface area contributed by atoms with E-state index in [4.69, 9.17) is 8.95 Å². The molecule has 3 heterocycles. The number of hydrogen-bond acceptors (Lipinski definition) is 8. The van der Waals surface area contributed by atoms with Crippen molar-refractivity contribution in [3.8, 4) is 0 Å². The van der Waals surface area contributed by atoms with Gasteiger partial charge in [-0.3, -0.25) is 9.69 Å². The number of nitrogens with one attached hydrogen (secondary N) is 1. The highest BCUT2D eigenvalue weighted by Gasteiger charge is 2.60. The Labute approximate surface area is 211 Å². The first kappa shape index (κ1) is 27.5. The molecule has 1 amide bonds. The summed E-state index contributed by atoms with van der Waals surface area (Å²) >= 11 is 1.61. The van der Waals surface area contributed by atoms with Crippen LogP contribution >= 0.6 is 20.3 Å². The van der Waals surface area contributed by atoms with Crippen molar-refractivity contribution in [2.45, 2.75) is 71.4 Å². The fourth-order valence-corrected chi connectivity index (χ4v) is 9.27. The van der Waals surface area contributed by atoms with E-state index < -0.39 is 14.3 Å². The molecule has 1 unspecified atom stereocenters. The number of β-lactam (4-membered cyclic amide) rings is 1. The van der Waals surface area contributed by atoms with E-state index in [9.17, 15) is 9.59 Å². The number of carbonyl (C=O) groups excluding carboxylic acids is 2. The van der Waals surface area contributed by atoms with E-state index in [2.05, 4.69) is 42.6 Å². The number of rotatable bonds is 13. The maximum Gasteiger partial charge on any atom is 0.358 e. The molecule has 1 aromatic rings. The average molecular weight is 525 g/mol. The number of nitrogens with zero attached hydrogens (tertiary/aromatic N) is 3. The number of hydrogen-bond donors (Lipinski definition) is 1. The van der Waals surface area contributed by atoms with Crippen LogP contribution in [-0.4, -0.2) is 68.7 Å². The predicted octanol–water partition coefficient (Wildman–Crippen LogP) is 2.91. The van der Waals surface area contributed by atoms with E-state index in [0.717, 1.165) is 28.7 Å². The van der Waals surface area contributed by atoms with Crippen LogP contribution in [0.1, 0.15) is 39.6 Å². The van der Waals surface area contributed by atoms with E-state index in [0.29, 0.717) is 18.8 Å². The minimum atomic E-state index is -1.85. The van der Waals surface area contributed by atoms with Gasteiger partial charge in [0.15, 0.2) is 16.3 Å².